The summed E-state index contributed by atoms with van der Waals surface area (Å²) in [6.07, 6.45) is 0.628. The summed E-state index contributed by atoms with van der Waals surface area (Å²) in [6.45, 7) is 4.06. The summed E-state index contributed by atoms with van der Waals surface area (Å²) in [5, 5.41) is 5.84. The summed E-state index contributed by atoms with van der Waals surface area (Å²) in [6, 6.07) is 10.3. The number of nitrogens with one attached hydrogen (secondary N) is 2. The van der Waals surface area contributed by atoms with Gasteiger partial charge in [-0.2, -0.15) is 8.42 Å². The maximum Gasteiger partial charge on any atom is 0.286 e. The molecule has 0 radical (unpaired) electrons. The van der Waals surface area contributed by atoms with E-state index in [-0.39, 0.29) is 23.1 Å². The molecule has 0 saturated carbocycles. The van der Waals surface area contributed by atoms with Crippen molar-refractivity contribution in [3.05, 3.63) is 47.9 Å². The topological polar surface area (TPSA) is 101 Å². The molecule has 8 heteroatoms. The molecule has 0 aliphatic carbocycles. The van der Waals surface area contributed by atoms with Crippen LogP contribution in [0.4, 0.5) is 5.69 Å². The van der Waals surface area contributed by atoms with Gasteiger partial charge < -0.3 is 15.1 Å². The molecule has 1 aromatic heterocycles. The number of nitrogens with zero attached hydrogens (tertiary/aromatic N) is 1. The summed E-state index contributed by atoms with van der Waals surface area (Å²) in [7, 11) is -3.70. The van der Waals surface area contributed by atoms with Crippen LogP contribution in [0.1, 0.15) is 31.3 Å². The number of benzene rings is 1. The van der Waals surface area contributed by atoms with Crippen molar-refractivity contribution in [1.82, 2.24) is 5.32 Å². The van der Waals surface area contributed by atoms with Gasteiger partial charge in [0, 0.05) is 12.8 Å². The van der Waals surface area contributed by atoms with Gasteiger partial charge in [0.05, 0.1) is 12.2 Å². The van der Waals surface area contributed by atoms with Crippen molar-refractivity contribution in [1.29, 1.82) is 0 Å². The predicted octanol–water partition coefficient (Wildman–Crippen LogP) is 2.83. The van der Waals surface area contributed by atoms with E-state index in [0.29, 0.717) is 30.2 Å². The quantitative estimate of drug-likeness (QED) is 0.808. The zero-order valence-electron chi connectivity index (χ0n) is 14.7. The lowest BCUT2D eigenvalue weighted by molar-refractivity contribution is -0.122. The summed E-state index contributed by atoms with van der Waals surface area (Å²) < 4.78 is 33.7. The third kappa shape index (κ3) is 4.32. The molecule has 138 valence electrons. The van der Waals surface area contributed by atoms with Crippen LogP contribution in [0.15, 0.2) is 50.1 Å². The SMILES string of the molecule is Cc1ccc(CNC(=O)C[C@@H](C)CC2=NS(=O)(=O)c3ccccc3N2)o1. The second-order valence-corrected chi connectivity index (χ2v) is 8.01. The van der Waals surface area contributed by atoms with E-state index >= 15 is 0 Å². The normalized spacial score (nSPS) is 16.2. The minimum absolute atomic E-state index is 0.0694. The Morgan fingerprint density at radius 3 is 2.77 bits per heavy atom. The standard InChI is InChI=1S/C18H21N3O4S/c1-12(10-18(22)19-11-14-8-7-13(2)25-14)9-17-20-15-5-3-4-6-16(15)26(23,24)21-17/h3-8,12H,9-11H2,1-2H3,(H,19,22)(H,20,21)/t12-/m0/s1. The molecule has 0 fully saturated rings. The van der Waals surface area contributed by atoms with Crippen molar-refractivity contribution in [2.45, 2.75) is 38.1 Å². The Balaban J connectivity index is 1.56. The highest BCUT2D eigenvalue weighted by molar-refractivity contribution is 7.90. The number of anilines is 1. The van der Waals surface area contributed by atoms with E-state index in [4.69, 9.17) is 4.42 Å². The van der Waals surface area contributed by atoms with Crippen molar-refractivity contribution < 1.29 is 17.6 Å². The van der Waals surface area contributed by atoms with Crippen LogP contribution >= 0.6 is 0 Å². The van der Waals surface area contributed by atoms with Crippen LogP contribution in [0.3, 0.4) is 0 Å². The van der Waals surface area contributed by atoms with Crippen molar-refractivity contribution in [3.8, 4) is 0 Å². The number of aryl methyl sites for hydroxylation is 1. The largest absolute Gasteiger partial charge is 0.465 e. The average Bonchev–Trinajstić information content (AvgIpc) is 2.98. The number of rotatable bonds is 6. The monoisotopic (exact) mass is 375 g/mol. The Labute approximate surface area is 152 Å². The van der Waals surface area contributed by atoms with Crippen LogP contribution in [0.5, 0.6) is 0 Å². The van der Waals surface area contributed by atoms with E-state index in [1.807, 2.05) is 26.0 Å². The molecule has 1 aliphatic rings. The van der Waals surface area contributed by atoms with Gasteiger partial charge in [-0.25, -0.2) is 0 Å². The van der Waals surface area contributed by atoms with Gasteiger partial charge in [-0.3, -0.25) is 4.79 Å². The minimum Gasteiger partial charge on any atom is -0.465 e. The molecule has 7 nitrogen and oxygen atoms in total. The first-order valence-corrected chi connectivity index (χ1v) is 9.79. The predicted molar refractivity (Wildman–Crippen MR) is 98.4 cm³/mol. The Bertz CT molecular complexity index is 947. The van der Waals surface area contributed by atoms with Crippen molar-refractivity contribution in [2.24, 2.45) is 10.3 Å². The number of carbonyl (C=O) groups is 1. The average molecular weight is 375 g/mol. The Hall–Kier alpha value is -2.61. The van der Waals surface area contributed by atoms with Crippen LogP contribution < -0.4 is 10.6 Å². The molecule has 26 heavy (non-hydrogen) atoms. The fraction of sp³-hybridized carbons (Fsp3) is 0.333. The van der Waals surface area contributed by atoms with E-state index in [9.17, 15) is 13.2 Å². The summed E-state index contributed by atoms with van der Waals surface area (Å²) in [5.74, 6) is 1.66. The lowest BCUT2D eigenvalue weighted by atomic mass is 10.0. The Morgan fingerprint density at radius 2 is 2.04 bits per heavy atom. The van der Waals surface area contributed by atoms with Crippen LogP contribution in [-0.4, -0.2) is 20.2 Å². The smallest absolute Gasteiger partial charge is 0.286 e. The second-order valence-electron chi connectivity index (χ2n) is 6.44. The molecule has 1 aliphatic heterocycles. The van der Waals surface area contributed by atoms with Crippen LogP contribution in [0.2, 0.25) is 0 Å². The number of sulfonamides is 1. The first-order chi connectivity index (χ1) is 12.3. The first-order valence-electron chi connectivity index (χ1n) is 8.35. The van der Waals surface area contributed by atoms with Crippen LogP contribution in [0, 0.1) is 12.8 Å². The van der Waals surface area contributed by atoms with Crippen molar-refractivity contribution >= 4 is 27.5 Å². The van der Waals surface area contributed by atoms with E-state index in [2.05, 4.69) is 15.0 Å². The van der Waals surface area contributed by atoms with Gasteiger partial charge in [0.2, 0.25) is 5.91 Å². The molecule has 3 rings (SSSR count). The molecule has 0 bridgehead atoms. The fourth-order valence-corrected chi connectivity index (χ4v) is 3.97. The van der Waals surface area contributed by atoms with Gasteiger partial charge in [-0.1, -0.05) is 19.1 Å². The highest BCUT2D eigenvalue weighted by Crippen LogP contribution is 2.28. The number of hydrogen-bond acceptors (Lipinski definition) is 5. The van der Waals surface area contributed by atoms with E-state index in [0.717, 1.165) is 5.76 Å². The molecule has 1 atom stereocenters. The zero-order valence-corrected chi connectivity index (χ0v) is 15.5. The molecular weight excluding hydrogens is 354 g/mol. The number of amides is 1. The van der Waals surface area contributed by atoms with Gasteiger partial charge in [0.15, 0.2) is 0 Å². The van der Waals surface area contributed by atoms with Crippen LogP contribution in [0.25, 0.3) is 0 Å². The Morgan fingerprint density at radius 1 is 1.27 bits per heavy atom. The molecule has 1 aromatic carbocycles. The molecule has 0 spiro atoms. The van der Waals surface area contributed by atoms with Gasteiger partial charge in [0.25, 0.3) is 10.0 Å². The van der Waals surface area contributed by atoms with E-state index in [1.165, 1.54) is 6.07 Å². The molecule has 2 heterocycles. The van der Waals surface area contributed by atoms with E-state index < -0.39 is 10.0 Å². The number of furan rings is 1. The number of hydrogen-bond donors (Lipinski definition) is 2. The molecule has 0 saturated heterocycles. The van der Waals surface area contributed by atoms with Gasteiger partial charge >= 0.3 is 0 Å². The lowest BCUT2D eigenvalue weighted by Gasteiger charge is -2.20. The van der Waals surface area contributed by atoms with Crippen molar-refractivity contribution in [2.75, 3.05) is 5.32 Å². The molecule has 2 N–H and O–H groups in total. The van der Waals surface area contributed by atoms with Gasteiger partial charge in [-0.05, 0) is 37.1 Å². The summed E-state index contributed by atoms with van der Waals surface area (Å²) >= 11 is 0. The van der Waals surface area contributed by atoms with Gasteiger partial charge in [-0.15, -0.1) is 4.40 Å². The number of para-hydroxylation sites is 1. The number of fused-ring (bicyclic) bond motifs is 1. The molecule has 2 aromatic rings. The van der Waals surface area contributed by atoms with Crippen molar-refractivity contribution in [3.63, 3.8) is 0 Å². The van der Waals surface area contributed by atoms with Crippen LogP contribution in [-0.2, 0) is 21.4 Å². The third-order valence-electron chi connectivity index (χ3n) is 4.01. The second kappa shape index (κ2) is 7.33. The molecular formula is C18H21N3O4S. The lowest BCUT2D eigenvalue weighted by Crippen LogP contribution is -2.27. The fourth-order valence-electron chi connectivity index (χ4n) is 2.81. The van der Waals surface area contributed by atoms with E-state index in [1.54, 1.807) is 18.2 Å². The third-order valence-corrected chi connectivity index (χ3v) is 5.38. The Kier molecular flexibility index (Phi) is 5.13. The molecule has 0 unspecified atom stereocenters. The summed E-state index contributed by atoms with van der Waals surface area (Å²) in [5.41, 5.74) is 0.516. The zero-order chi connectivity index (χ0) is 18.7. The summed E-state index contributed by atoms with van der Waals surface area (Å²) in [4.78, 5) is 12.2. The number of amidine groups is 1. The maximum absolute atomic E-state index is 12.2. The first kappa shape index (κ1) is 18.2. The maximum atomic E-state index is 12.2. The highest BCUT2D eigenvalue weighted by atomic mass is 32.2. The highest BCUT2D eigenvalue weighted by Gasteiger charge is 2.25. The minimum atomic E-state index is -3.70. The van der Waals surface area contributed by atoms with Gasteiger partial charge in [0.1, 0.15) is 22.3 Å². The molecule has 1 amide bonds. The number of carbonyl (C=O) groups excluding carboxylic acids is 1.